The molecule has 1 aliphatic heterocycles. The maximum absolute atomic E-state index is 4.05. The summed E-state index contributed by atoms with van der Waals surface area (Å²) in [6.45, 7) is 3.55. The van der Waals surface area contributed by atoms with Crippen LogP contribution in [0.15, 0.2) is 0 Å². The number of likely N-dealkylation sites (tertiary alicyclic amines) is 1. The third-order valence-electron chi connectivity index (χ3n) is 2.26. The van der Waals surface area contributed by atoms with Gasteiger partial charge in [-0.15, -0.1) is 0 Å². The molecule has 1 nitrogen and oxygen atoms in total. The average molecular weight is 127 g/mol. The highest BCUT2D eigenvalue weighted by Crippen LogP contribution is 2.04. The van der Waals surface area contributed by atoms with Crippen LogP contribution in [0.2, 0.25) is 0 Å². The molecule has 1 heterocycles. The van der Waals surface area contributed by atoms with Gasteiger partial charge in [0.15, 0.2) is 0 Å². The summed E-state index contributed by atoms with van der Waals surface area (Å²) in [7, 11) is 4.05. The van der Waals surface area contributed by atoms with Crippen LogP contribution in [-0.4, -0.2) is 12.6 Å². The van der Waals surface area contributed by atoms with E-state index in [0.717, 1.165) is 6.04 Å². The summed E-state index contributed by atoms with van der Waals surface area (Å²) >= 11 is 0. The van der Waals surface area contributed by atoms with Gasteiger partial charge in [-0.1, -0.05) is 13.3 Å². The molecule has 1 N–H and O–H groups in total. The van der Waals surface area contributed by atoms with Crippen molar-refractivity contribution in [3.05, 3.63) is 7.05 Å². The van der Waals surface area contributed by atoms with Crippen molar-refractivity contribution in [2.24, 2.45) is 0 Å². The third-order valence-corrected chi connectivity index (χ3v) is 2.26. The second kappa shape index (κ2) is 3.21. The van der Waals surface area contributed by atoms with Gasteiger partial charge >= 0.3 is 0 Å². The van der Waals surface area contributed by atoms with Crippen LogP contribution in [0.4, 0.5) is 0 Å². The lowest BCUT2D eigenvalue weighted by molar-refractivity contribution is -0.867. The van der Waals surface area contributed by atoms with Gasteiger partial charge in [-0.2, -0.15) is 7.05 Å². The van der Waals surface area contributed by atoms with Crippen LogP contribution in [0, 0.1) is 7.05 Å². The van der Waals surface area contributed by atoms with Crippen LogP contribution in [0.3, 0.4) is 0 Å². The molecule has 9 heavy (non-hydrogen) atoms. The summed E-state index contributed by atoms with van der Waals surface area (Å²) in [5.74, 6) is 0. The Kier molecular flexibility index (Phi) is 2.52. The Labute approximate surface area is 58.0 Å². The first-order chi connectivity index (χ1) is 4.34. The third kappa shape index (κ3) is 1.68. The van der Waals surface area contributed by atoms with E-state index in [1.165, 1.54) is 37.1 Å². The molecule has 0 bridgehead atoms. The highest BCUT2D eigenvalue weighted by molar-refractivity contribution is 4.60. The smallest absolute Gasteiger partial charge is 0.0637 e. The number of rotatable bonds is 2. The molecular weight excluding hydrogens is 110 g/mol. The summed E-state index contributed by atoms with van der Waals surface area (Å²) in [4.78, 5) is 1.51. The van der Waals surface area contributed by atoms with Gasteiger partial charge in [-0.3, -0.25) is 0 Å². The molecule has 0 spiro atoms. The first-order valence-electron chi connectivity index (χ1n) is 4.02. The Morgan fingerprint density at radius 3 is 2.89 bits per heavy atom. The number of hydrogen-bond donors (Lipinski definition) is 1. The Hall–Kier alpha value is -0.0400. The molecule has 0 aromatic heterocycles. The molecule has 2 atom stereocenters. The fourth-order valence-electron chi connectivity index (χ4n) is 1.68. The molecule has 0 saturated carbocycles. The fraction of sp³-hybridized carbons (Fsp3) is 0.875. The van der Waals surface area contributed by atoms with Gasteiger partial charge in [-0.05, 0) is 12.8 Å². The van der Waals surface area contributed by atoms with Gasteiger partial charge in [0.2, 0.25) is 0 Å². The van der Waals surface area contributed by atoms with Crippen molar-refractivity contribution >= 4 is 0 Å². The van der Waals surface area contributed by atoms with E-state index in [4.69, 9.17) is 0 Å². The first kappa shape index (κ1) is 7.07. The van der Waals surface area contributed by atoms with E-state index in [9.17, 15) is 0 Å². The molecule has 0 aromatic carbocycles. The van der Waals surface area contributed by atoms with Gasteiger partial charge in [0, 0.05) is 6.42 Å². The number of quaternary nitrogens is 1. The zero-order valence-electron chi connectivity index (χ0n) is 6.32. The van der Waals surface area contributed by atoms with Crippen molar-refractivity contribution in [1.29, 1.82) is 0 Å². The van der Waals surface area contributed by atoms with Crippen LogP contribution in [0.1, 0.15) is 32.6 Å². The highest BCUT2D eigenvalue weighted by atomic mass is 15.1. The lowest BCUT2D eigenvalue weighted by Crippen LogP contribution is -3.08. The van der Waals surface area contributed by atoms with Crippen molar-refractivity contribution in [3.63, 3.8) is 0 Å². The monoisotopic (exact) mass is 127 g/mol. The second-order valence-electron chi connectivity index (χ2n) is 3.04. The zero-order valence-corrected chi connectivity index (χ0v) is 6.32. The number of nitrogens with one attached hydrogen (secondary N) is 1. The maximum Gasteiger partial charge on any atom is 0.0637 e. The Morgan fingerprint density at radius 2 is 2.44 bits per heavy atom. The van der Waals surface area contributed by atoms with E-state index in [1.807, 2.05) is 0 Å². The van der Waals surface area contributed by atoms with Gasteiger partial charge < -0.3 is 4.90 Å². The topological polar surface area (TPSA) is 4.44 Å². The quantitative estimate of drug-likeness (QED) is 0.519. The predicted molar refractivity (Wildman–Crippen MR) is 39.1 cm³/mol. The van der Waals surface area contributed by atoms with E-state index in [0.29, 0.717) is 0 Å². The van der Waals surface area contributed by atoms with Gasteiger partial charge in [-0.25, -0.2) is 0 Å². The van der Waals surface area contributed by atoms with Crippen molar-refractivity contribution in [2.45, 2.75) is 38.6 Å². The van der Waals surface area contributed by atoms with Crippen molar-refractivity contribution in [3.8, 4) is 0 Å². The van der Waals surface area contributed by atoms with Crippen LogP contribution < -0.4 is 4.90 Å². The molecule has 1 saturated heterocycles. The number of hydrogen-bond acceptors (Lipinski definition) is 0. The normalized spacial score (nSPS) is 35.3. The standard InChI is InChI=1S/C8H17N/c1-3-5-8-6-4-7-9(8)2/h8-9H,2-7H2,1H3. The van der Waals surface area contributed by atoms with Gasteiger partial charge in [0.05, 0.1) is 12.6 Å². The Balaban J connectivity index is 2.22. The summed E-state index contributed by atoms with van der Waals surface area (Å²) in [6.07, 6.45) is 5.50. The molecule has 0 aromatic rings. The Morgan fingerprint density at radius 1 is 1.67 bits per heavy atom. The molecule has 1 heteroatoms. The summed E-state index contributed by atoms with van der Waals surface area (Å²) in [6, 6.07) is 0.884. The second-order valence-corrected chi connectivity index (χ2v) is 3.04. The maximum atomic E-state index is 4.05. The zero-order chi connectivity index (χ0) is 6.69. The van der Waals surface area contributed by atoms with E-state index in [1.54, 1.807) is 0 Å². The lowest BCUT2D eigenvalue weighted by Gasteiger charge is -2.22. The minimum absolute atomic E-state index is 0.884. The molecule has 0 amide bonds. The molecule has 1 aliphatic rings. The highest BCUT2D eigenvalue weighted by Gasteiger charge is 2.19. The molecule has 0 radical (unpaired) electrons. The molecule has 0 aliphatic carbocycles. The molecule has 2 unspecified atom stereocenters. The lowest BCUT2D eigenvalue weighted by atomic mass is 10.1. The summed E-state index contributed by atoms with van der Waals surface area (Å²) in [5.41, 5.74) is 0. The molecular formula is C8H17N. The minimum atomic E-state index is 0.884. The predicted octanol–water partition coefficient (Wildman–Crippen LogP) is 0.625. The van der Waals surface area contributed by atoms with Crippen LogP contribution in [0.25, 0.3) is 0 Å². The fourth-order valence-corrected chi connectivity index (χ4v) is 1.68. The van der Waals surface area contributed by atoms with E-state index >= 15 is 0 Å². The van der Waals surface area contributed by atoms with Gasteiger partial charge in [0.25, 0.3) is 0 Å². The first-order valence-corrected chi connectivity index (χ1v) is 4.02. The van der Waals surface area contributed by atoms with E-state index in [-0.39, 0.29) is 0 Å². The van der Waals surface area contributed by atoms with Crippen LogP contribution in [0.5, 0.6) is 0 Å². The minimum Gasteiger partial charge on any atom is -0.465 e. The average Bonchev–Trinajstić information content (AvgIpc) is 2.18. The molecule has 54 valence electrons. The SMILES string of the molecule is [CH2-][NH+]1CCCC1CCC. The van der Waals surface area contributed by atoms with E-state index in [2.05, 4.69) is 14.0 Å². The van der Waals surface area contributed by atoms with E-state index < -0.39 is 0 Å². The van der Waals surface area contributed by atoms with Crippen molar-refractivity contribution in [2.75, 3.05) is 6.54 Å². The Bertz CT molecular complexity index is 80.6. The van der Waals surface area contributed by atoms with Crippen molar-refractivity contribution in [1.82, 2.24) is 0 Å². The largest absolute Gasteiger partial charge is 0.465 e. The van der Waals surface area contributed by atoms with Crippen molar-refractivity contribution < 1.29 is 4.90 Å². The van der Waals surface area contributed by atoms with Gasteiger partial charge in [0.1, 0.15) is 0 Å². The van der Waals surface area contributed by atoms with Crippen LogP contribution in [-0.2, 0) is 0 Å². The van der Waals surface area contributed by atoms with Crippen LogP contribution >= 0.6 is 0 Å². The molecule has 1 fully saturated rings. The molecule has 1 rings (SSSR count). The summed E-state index contributed by atoms with van der Waals surface area (Å²) < 4.78 is 0. The summed E-state index contributed by atoms with van der Waals surface area (Å²) in [5, 5.41) is 0.